The Morgan fingerprint density at radius 1 is 1.03 bits per heavy atom. The molecule has 1 atom stereocenters. The summed E-state index contributed by atoms with van der Waals surface area (Å²) in [5.74, 6) is 0.127. The molecule has 9 heteroatoms. The Kier molecular flexibility index (Phi) is 4.61. The highest BCUT2D eigenvalue weighted by Crippen LogP contribution is 2.49. The molecule has 34 heavy (non-hydrogen) atoms. The second-order valence-electron chi connectivity index (χ2n) is 7.88. The molecule has 0 saturated carbocycles. The average molecular weight is 452 g/mol. The van der Waals surface area contributed by atoms with E-state index in [0.717, 1.165) is 28.1 Å². The van der Waals surface area contributed by atoms with Gasteiger partial charge in [0, 0.05) is 0 Å². The molecule has 168 valence electrons. The number of aromatic nitrogens is 6. The summed E-state index contributed by atoms with van der Waals surface area (Å²) in [7, 11) is 0. The molecular formula is C25H20N6O3. The quantitative estimate of drug-likeness (QED) is 0.372. The summed E-state index contributed by atoms with van der Waals surface area (Å²) in [5.41, 5.74) is 4.86. The summed E-state index contributed by atoms with van der Waals surface area (Å²) < 4.78 is 14.7. The van der Waals surface area contributed by atoms with Crippen LogP contribution in [0.1, 0.15) is 45.8 Å². The lowest BCUT2D eigenvalue weighted by atomic mass is 9.84. The Labute approximate surface area is 194 Å². The molecular weight excluding hydrogens is 432 g/mol. The van der Waals surface area contributed by atoms with Crippen molar-refractivity contribution in [1.82, 2.24) is 29.4 Å². The predicted molar refractivity (Wildman–Crippen MR) is 123 cm³/mol. The van der Waals surface area contributed by atoms with Crippen molar-refractivity contribution >= 4 is 11.6 Å². The van der Waals surface area contributed by atoms with Crippen LogP contribution in [-0.4, -0.2) is 41.9 Å². The Morgan fingerprint density at radius 3 is 2.50 bits per heavy atom. The second kappa shape index (κ2) is 7.80. The van der Waals surface area contributed by atoms with Crippen molar-refractivity contribution in [2.24, 2.45) is 0 Å². The normalized spacial score (nSPS) is 14.4. The number of ether oxygens (including phenoxy) is 2. The molecule has 0 bridgehead atoms. The van der Waals surface area contributed by atoms with Crippen LogP contribution in [0.4, 0.5) is 0 Å². The molecule has 4 heterocycles. The molecule has 0 spiro atoms. The number of nitrogens with zero attached hydrogens (tertiary/aromatic N) is 6. The summed E-state index contributed by atoms with van der Waals surface area (Å²) >= 11 is 0. The molecule has 0 amide bonds. The van der Waals surface area contributed by atoms with E-state index in [1.807, 2.05) is 55.5 Å². The van der Waals surface area contributed by atoms with Gasteiger partial charge in [0.2, 0.25) is 11.8 Å². The zero-order valence-corrected chi connectivity index (χ0v) is 18.5. The maximum atomic E-state index is 12.3. The molecule has 0 radical (unpaired) electrons. The van der Waals surface area contributed by atoms with Gasteiger partial charge in [0.1, 0.15) is 6.33 Å². The van der Waals surface area contributed by atoms with E-state index < -0.39 is 5.97 Å². The van der Waals surface area contributed by atoms with Crippen LogP contribution in [0.3, 0.4) is 0 Å². The molecule has 0 N–H and O–H groups in total. The van der Waals surface area contributed by atoms with Crippen molar-refractivity contribution in [3.8, 4) is 17.4 Å². The first kappa shape index (κ1) is 20.1. The topological polar surface area (TPSA) is 96.4 Å². The van der Waals surface area contributed by atoms with Crippen LogP contribution in [0.2, 0.25) is 0 Å². The van der Waals surface area contributed by atoms with Crippen LogP contribution in [0, 0.1) is 6.92 Å². The zero-order chi connectivity index (χ0) is 23.2. The highest BCUT2D eigenvalue weighted by Gasteiger charge is 2.38. The third-order valence-electron chi connectivity index (χ3n) is 5.81. The smallest absolute Gasteiger partial charge is 0.378 e. The Balaban J connectivity index is 1.61. The fourth-order valence-corrected chi connectivity index (χ4v) is 4.38. The lowest BCUT2D eigenvalue weighted by Gasteiger charge is -2.26. The molecule has 3 aromatic heterocycles. The van der Waals surface area contributed by atoms with E-state index in [1.54, 1.807) is 11.6 Å². The van der Waals surface area contributed by atoms with E-state index in [4.69, 9.17) is 14.6 Å². The van der Waals surface area contributed by atoms with Gasteiger partial charge in [-0.25, -0.2) is 24.0 Å². The van der Waals surface area contributed by atoms with Gasteiger partial charge in [-0.3, -0.25) is 0 Å². The SMILES string of the molecule is CCOC(=O)c1nc2c3c(ncn2n1)Oc1c(c(C)nn1-c1ccccc1)C3c1ccccc1. The lowest BCUT2D eigenvalue weighted by Crippen LogP contribution is -2.16. The minimum Gasteiger partial charge on any atom is -0.460 e. The second-order valence-corrected chi connectivity index (χ2v) is 7.88. The molecule has 1 aliphatic rings. The minimum atomic E-state index is -0.582. The van der Waals surface area contributed by atoms with Gasteiger partial charge < -0.3 is 9.47 Å². The van der Waals surface area contributed by atoms with Gasteiger partial charge >= 0.3 is 5.97 Å². The maximum Gasteiger partial charge on any atom is 0.378 e. The molecule has 0 fully saturated rings. The van der Waals surface area contributed by atoms with E-state index in [1.165, 1.54) is 10.8 Å². The number of carbonyl (C=O) groups is 1. The summed E-state index contributed by atoms with van der Waals surface area (Å²) in [6.45, 7) is 3.94. The van der Waals surface area contributed by atoms with Crippen molar-refractivity contribution in [3.63, 3.8) is 0 Å². The van der Waals surface area contributed by atoms with E-state index in [0.29, 0.717) is 17.4 Å². The summed E-state index contributed by atoms with van der Waals surface area (Å²) in [6, 6.07) is 19.9. The highest BCUT2D eigenvalue weighted by molar-refractivity contribution is 5.86. The summed E-state index contributed by atoms with van der Waals surface area (Å²) in [6.07, 6.45) is 1.49. The average Bonchev–Trinajstić information content (AvgIpc) is 3.45. The number of hydrogen-bond acceptors (Lipinski definition) is 7. The van der Waals surface area contributed by atoms with Gasteiger partial charge in [0.05, 0.1) is 35.0 Å². The first-order valence-corrected chi connectivity index (χ1v) is 11.0. The lowest BCUT2D eigenvalue weighted by molar-refractivity contribution is 0.0512. The molecule has 2 aromatic carbocycles. The van der Waals surface area contributed by atoms with Gasteiger partial charge in [-0.05, 0) is 31.5 Å². The maximum absolute atomic E-state index is 12.3. The van der Waals surface area contributed by atoms with Crippen molar-refractivity contribution in [1.29, 1.82) is 0 Å². The zero-order valence-electron chi connectivity index (χ0n) is 18.5. The first-order valence-electron chi connectivity index (χ1n) is 11.0. The predicted octanol–water partition coefficient (Wildman–Crippen LogP) is 4.08. The molecule has 0 aliphatic carbocycles. The number of carbonyl (C=O) groups excluding carboxylic acids is 1. The number of esters is 1. The largest absolute Gasteiger partial charge is 0.460 e. The van der Waals surface area contributed by atoms with Crippen LogP contribution >= 0.6 is 0 Å². The van der Waals surface area contributed by atoms with Crippen LogP contribution < -0.4 is 4.74 Å². The molecule has 9 nitrogen and oxygen atoms in total. The molecule has 1 aliphatic heterocycles. The van der Waals surface area contributed by atoms with Gasteiger partial charge in [-0.2, -0.15) is 5.10 Å². The van der Waals surface area contributed by atoms with E-state index in [-0.39, 0.29) is 18.3 Å². The fraction of sp³-hybridized carbons (Fsp3) is 0.160. The monoisotopic (exact) mass is 452 g/mol. The number of rotatable bonds is 4. The van der Waals surface area contributed by atoms with Crippen molar-refractivity contribution in [2.45, 2.75) is 19.8 Å². The van der Waals surface area contributed by atoms with Gasteiger partial charge in [0.25, 0.3) is 5.82 Å². The van der Waals surface area contributed by atoms with Gasteiger partial charge in [0.15, 0.2) is 5.65 Å². The third kappa shape index (κ3) is 3.05. The number of aryl methyl sites for hydroxylation is 1. The Hall–Kier alpha value is -4.53. The number of benzene rings is 2. The van der Waals surface area contributed by atoms with Crippen LogP contribution in [0.15, 0.2) is 67.0 Å². The standard InChI is InChI=1S/C25H20N6O3/c1-3-33-25(32)21-27-22-20-19(16-10-6-4-7-11-16)18-15(2)28-31(17-12-8-5-9-13-17)24(18)34-23(20)26-14-30(22)29-21/h4-14,19H,3H2,1-2H3. The van der Waals surface area contributed by atoms with Crippen molar-refractivity contribution in [2.75, 3.05) is 6.61 Å². The van der Waals surface area contributed by atoms with Crippen LogP contribution in [0.25, 0.3) is 11.3 Å². The van der Waals surface area contributed by atoms with E-state index in [9.17, 15) is 4.79 Å². The highest BCUT2D eigenvalue weighted by atomic mass is 16.5. The Morgan fingerprint density at radius 2 is 1.76 bits per heavy atom. The van der Waals surface area contributed by atoms with Gasteiger partial charge in [-0.1, -0.05) is 48.5 Å². The minimum absolute atomic E-state index is 0.0219. The first-order chi connectivity index (χ1) is 16.7. The van der Waals surface area contributed by atoms with Crippen LogP contribution in [-0.2, 0) is 4.74 Å². The number of hydrogen-bond donors (Lipinski definition) is 0. The summed E-state index contributed by atoms with van der Waals surface area (Å²) in [4.78, 5) is 21.4. The van der Waals surface area contributed by atoms with Crippen LogP contribution in [0.5, 0.6) is 11.8 Å². The number of fused-ring (bicyclic) bond motifs is 4. The third-order valence-corrected chi connectivity index (χ3v) is 5.81. The molecule has 6 rings (SSSR count). The van der Waals surface area contributed by atoms with E-state index in [2.05, 4.69) is 27.2 Å². The molecule has 1 unspecified atom stereocenters. The number of para-hydroxylation sites is 1. The molecule has 5 aromatic rings. The van der Waals surface area contributed by atoms with Crippen molar-refractivity contribution < 1.29 is 14.3 Å². The molecule has 0 saturated heterocycles. The Bertz CT molecular complexity index is 1530. The van der Waals surface area contributed by atoms with Gasteiger partial charge in [-0.15, -0.1) is 5.10 Å². The summed E-state index contributed by atoms with van der Waals surface area (Å²) in [5, 5.41) is 9.10. The van der Waals surface area contributed by atoms with Crippen molar-refractivity contribution in [3.05, 3.63) is 95.2 Å². The van der Waals surface area contributed by atoms with E-state index >= 15 is 0 Å². The fourth-order valence-electron chi connectivity index (χ4n) is 4.38.